The zero-order valence-electron chi connectivity index (χ0n) is 12.4. The Morgan fingerprint density at radius 1 is 1.53 bits per heavy atom. The molecule has 4 nitrogen and oxygen atoms in total. The Balaban J connectivity index is 1.93. The average molecular weight is 265 g/mol. The monoisotopic (exact) mass is 265 g/mol. The molecule has 1 aliphatic rings. The van der Waals surface area contributed by atoms with Gasteiger partial charge in [-0.05, 0) is 38.0 Å². The van der Waals surface area contributed by atoms with Crippen LogP contribution in [0.1, 0.15) is 44.9 Å². The van der Waals surface area contributed by atoms with Crippen LogP contribution in [0.2, 0.25) is 0 Å². The first kappa shape index (κ1) is 14.5. The SMILES string of the molecule is COC1(C(N)CCc2nccn2C)CCC(C)CC1. The van der Waals surface area contributed by atoms with Crippen LogP contribution in [0.15, 0.2) is 12.4 Å². The second-order valence-electron chi connectivity index (χ2n) is 6.05. The molecule has 2 N–H and O–H groups in total. The van der Waals surface area contributed by atoms with Crippen molar-refractivity contribution in [3.8, 4) is 0 Å². The van der Waals surface area contributed by atoms with Crippen molar-refractivity contribution in [2.45, 2.75) is 57.1 Å². The molecule has 0 aliphatic heterocycles. The highest BCUT2D eigenvalue weighted by molar-refractivity contribution is 4.98. The number of methoxy groups -OCH3 is 1. The molecule has 0 spiro atoms. The van der Waals surface area contributed by atoms with E-state index in [2.05, 4.69) is 16.5 Å². The highest BCUT2D eigenvalue weighted by atomic mass is 16.5. The van der Waals surface area contributed by atoms with Gasteiger partial charge in [-0.1, -0.05) is 6.92 Å². The normalized spacial score (nSPS) is 29.4. The molecule has 1 aliphatic carbocycles. The molecular weight excluding hydrogens is 238 g/mol. The van der Waals surface area contributed by atoms with Crippen LogP contribution in [0.4, 0.5) is 0 Å². The highest BCUT2D eigenvalue weighted by Crippen LogP contribution is 2.37. The number of ether oxygens (including phenoxy) is 1. The minimum atomic E-state index is -0.113. The molecule has 1 atom stereocenters. The minimum absolute atomic E-state index is 0.0988. The number of nitrogens with two attached hydrogens (primary N) is 1. The third-order valence-electron chi connectivity index (χ3n) is 4.80. The van der Waals surface area contributed by atoms with Gasteiger partial charge in [0.05, 0.1) is 5.60 Å². The van der Waals surface area contributed by atoms with Crippen LogP contribution >= 0.6 is 0 Å². The Morgan fingerprint density at radius 3 is 2.74 bits per heavy atom. The topological polar surface area (TPSA) is 53.1 Å². The summed E-state index contributed by atoms with van der Waals surface area (Å²) >= 11 is 0. The summed E-state index contributed by atoms with van der Waals surface area (Å²) in [5.74, 6) is 1.91. The van der Waals surface area contributed by atoms with Crippen molar-refractivity contribution in [2.75, 3.05) is 7.11 Å². The number of nitrogens with zero attached hydrogens (tertiary/aromatic N) is 2. The molecule has 1 aromatic heterocycles. The third-order valence-corrected chi connectivity index (χ3v) is 4.80. The second kappa shape index (κ2) is 6.06. The van der Waals surface area contributed by atoms with Gasteiger partial charge in [0.15, 0.2) is 0 Å². The Kier molecular flexibility index (Phi) is 4.63. The summed E-state index contributed by atoms with van der Waals surface area (Å²) in [7, 11) is 3.85. The highest BCUT2D eigenvalue weighted by Gasteiger charge is 2.39. The fraction of sp³-hybridized carbons (Fsp3) is 0.800. The van der Waals surface area contributed by atoms with E-state index in [9.17, 15) is 0 Å². The fourth-order valence-corrected chi connectivity index (χ4v) is 3.16. The third kappa shape index (κ3) is 3.18. The van der Waals surface area contributed by atoms with Crippen molar-refractivity contribution in [3.05, 3.63) is 18.2 Å². The molecule has 2 rings (SSSR count). The van der Waals surface area contributed by atoms with E-state index in [4.69, 9.17) is 10.5 Å². The molecule has 1 heterocycles. The van der Waals surface area contributed by atoms with Crippen molar-refractivity contribution in [3.63, 3.8) is 0 Å². The maximum atomic E-state index is 6.44. The molecule has 0 bridgehead atoms. The van der Waals surface area contributed by atoms with E-state index in [0.29, 0.717) is 0 Å². The maximum absolute atomic E-state index is 6.44. The predicted molar refractivity (Wildman–Crippen MR) is 76.9 cm³/mol. The first-order valence-corrected chi connectivity index (χ1v) is 7.34. The van der Waals surface area contributed by atoms with Crippen LogP contribution in [0, 0.1) is 5.92 Å². The zero-order chi connectivity index (χ0) is 13.9. The summed E-state index contributed by atoms with van der Waals surface area (Å²) in [5.41, 5.74) is 6.33. The number of aryl methyl sites for hydroxylation is 2. The van der Waals surface area contributed by atoms with Gasteiger partial charge in [-0.3, -0.25) is 0 Å². The number of rotatable bonds is 5. The summed E-state index contributed by atoms with van der Waals surface area (Å²) in [4.78, 5) is 4.36. The molecule has 4 heteroatoms. The van der Waals surface area contributed by atoms with Gasteiger partial charge in [0, 0.05) is 39.0 Å². The second-order valence-corrected chi connectivity index (χ2v) is 6.05. The van der Waals surface area contributed by atoms with E-state index >= 15 is 0 Å². The van der Waals surface area contributed by atoms with Crippen molar-refractivity contribution in [2.24, 2.45) is 18.7 Å². The summed E-state index contributed by atoms with van der Waals surface area (Å²) in [6, 6.07) is 0.0988. The van der Waals surface area contributed by atoms with Gasteiger partial charge < -0.3 is 15.0 Å². The van der Waals surface area contributed by atoms with Crippen LogP contribution in [-0.4, -0.2) is 28.3 Å². The summed E-state index contributed by atoms with van der Waals surface area (Å²) < 4.78 is 7.90. The van der Waals surface area contributed by atoms with Crippen molar-refractivity contribution < 1.29 is 4.74 Å². The van der Waals surface area contributed by atoms with Gasteiger partial charge in [-0.2, -0.15) is 0 Å². The number of imidazole rings is 1. The van der Waals surface area contributed by atoms with Gasteiger partial charge in [0.25, 0.3) is 0 Å². The van der Waals surface area contributed by atoms with Crippen molar-refractivity contribution in [1.29, 1.82) is 0 Å². The quantitative estimate of drug-likeness (QED) is 0.888. The van der Waals surface area contributed by atoms with E-state index in [1.54, 1.807) is 0 Å². The summed E-state index contributed by atoms with van der Waals surface area (Å²) in [6.07, 6.45) is 10.3. The standard InChI is InChI=1S/C15H27N3O/c1-12-6-8-15(19-3,9-7-12)13(16)4-5-14-17-10-11-18(14)2/h10-13H,4-9,16H2,1-3H3. The van der Waals surface area contributed by atoms with Crippen LogP contribution in [-0.2, 0) is 18.2 Å². The number of hydrogen-bond donors (Lipinski definition) is 1. The van der Waals surface area contributed by atoms with E-state index < -0.39 is 0 Å². The smallest absolute Gasteiger partial charge is 0.108 e. The van der Waals surface area contributed by atoms with E-state index in [1.165, 1.54) is 12.8 Å². The van der Waals surface area contributed by atoms with Crippen molar-refractivity contribution >= 4 is 0 Å². The van der Waals surface area contributed by atoms with E-state index in [0.717, 1.165) is 37.4 Å². The predicted octanol–water partition coefficient (Wildman–Crippen LogP) is 2.28. The first-order chi connectivity index (χ1) is 9.07. The Bertz CT molecular complexity index is 394. The van der Waals surface area contributed by atoms with Gasteiger partial charge in [0.2, 0.25) is 0 Å². The Labute approximate surface area is 116 Å². The lowest BCUT2D eigenvalue weighted by atomic mass is 9.74. The summed E-state index contributed by atoms with van der Waals surface area (Å²) in [5, 5.41) is 0. The Morgan fingerprint density at radius 2 is 2.21 bits per heavy atom. The maximum Gasteiger partial charge on any atom is 0.108 e. The number of aromatic nitrogens is 2. The molecular formula is C15H27N3O. The van der Waals surface area contributed by atoms with E-state index in [1.807, 2.05) is 26.6 Å². The molecule has 1 unspecified atom stereocenters. The molecule has 1 saturated carbocycles. The van der Waals surface area contributed by atoms with E-state index in [-0.39, 0.29) is 11.6 Å². The van der Waals surface area contributed by atoms with Gasteiger partial charge >= 0.3 is 0 Å². The summed E-state index contributed by atoms with van der Waals surface area (Å²) in [6.45, 7) is 2.32. The number of hydrogen-bond acceptors (Lipinski definition) is 3. The van der Waals surface area contributed by atoms with Crippen LogP contribution in [0.5, 0.6) is 0 Å². The van der Waals surface area contributed by atoms with Gasteiger partial charge in [-0.25, -0.2) is 4.98 Å². The van der Waals surface area contributed by atoms with Crippen LogP contribution in [0.25, 0.3) is 0 Å². The lowest BCUT2D eigenvalue weighted by Gasteiger charge is -2.42. The Hall–Kier alpha value is -0.870. The molecule has 19 heavy (non-hydrogen) atoms. The molecule has 0 amide bonds. The average Bonchev–Trinajstić information content (AvgIpc) is 2.83. The molecule has 0 aromatic carbocycles. The van der Waals surface area contributed by atoms with Gasteiger partial charge in [0.1, 0.15) is 5.82 Å². The fourth-order valence-electron chi connectivity index (χ4n) is 3.16. The molecule has 0 radical (unpaired) electrons. The molecule has 108 valence electrons. The van der Waals surface area contributed by atoms with Crippen molar-refractivity contribution in [1.82, 2.24) is 9.55 Å². The zero-order valence-corrected chi connectivity index (χ0v) is 12.4. The van der Waals surface area contributed by atoms with Gasteiger partial charge in [-0.15, -0.1) is 0 Å². The lowest BCUT2D eigenvalue weighted by Crippen LogP contribution is -2.51. The lowest BCUT2D eigenvalue weighted by molar-refractivity contribution is -0.0676. The molecule has 1 fully saturated rings. The largest absolute Gasteiger partial charge is 0.377 e. The minimum Gasteiger partial charge on any atom is -0.377 e. The van der Waals surface area contributed by atoms with Crippen LogP contribution < -0.4 is 5.73 Å². The molecule has 0 saturated heterocycles. The first-order valence-electron chi connectivity index (χ1n) is 7.34. The molecule has 1 aromatic rings. The van der Waals surface area contributed by atoms with Crippen LogP contribution in [0.3, 0.4) is 0 Å².